The van der Waals surface area contributed by atoms with Gasteiger partial charge in [0.25, 0.3) is 0 Å². The van der Waals surface area contributed by atoms with Crippen LogP contribution in [0.5, 0.6) is 0 Å². The quantitative estimate of drug-likeness (QED) is 0.886. The summed E-state index contributed by atoms with van der Waals surface area (Å²) < 4.78 is 27.9. The minimum absolute atomic E-state index is 0.00321. The first-order chi connectivity index (χ1) is 9.51. The van der Waals surface area contributed by atoms with Crippen LogP contribution < -0.4 is 10.2 Å². The van der Waals surface area contributed by atoms with Crippen molar-refractivity contribution in [3.63, 3.8) is 0 Å². The molecule has 1 fully saturated rings. The monoisotopic (exact) mass is 346 g/mol. The van der Waals surface area contributed by atoms with Crippen molar-refractivity contribution in [2.45, 2.75) is 38.6 Å². The summed E-state index contributed by atoms with van der Waals surface area (Å²) in [4.78, 5) is 2.03. The summed E-state index contributed by atoms with van der Waals surface area (Å²) in [5.74, 6) is -1.05. The van der Waals surface area contributed by atoms with Gasteiger partial charge in [-0.2, -0.15) is 0 Å². The molecule has 5 heteroatoms. The highest BCUT2D eigenvalue weighted by Gasteiger charge is 2.32. The van der Waals surface area contributed by atoms with Crippen molar-refractivity contribution in [2.24, 2.45) is 0 Å². The lowest BCUT2D eigenvalue weighted by Crippen LogP contribution is -2.51. The third-order valence-electron chi connectivity index (χ3n) is 4.25. The van der Waals surface area contributed by atoms with E-state index in [1.165, 1.54) is 6.07 Å². The van der Waals surface area contributed by atoms with E-state index in [1.54, 1.807) is 0 Å². The Balaban J connectivity index is 2.36. The fraction of sp³-hybridized carbons (Fsp3) is 0.600. The van der Waals surface area contributed by atoms with E-state index >= 15 is 0 Å². The number of nitrogens with one attached hydrogen (secondary N) is 1. The van der Waals surface area contributed by atoms with Gasteiger partial charge in [0, 0.05) is 29.2 Å². The molecular weight excluding hydrogens is 326 g/mol. The molecular formula is C15H21BrF2N2. The molecule has 1 N–H and O–H groups in total. The van der Waals surface area contributed by atoms with Crippen LogP contribution in [0.25, 0.3) is 0 Å². The lowest BCUT2D eigenvalue weighted by atomic mass is 9.92. The van der Waals surface area contributed by atoms with E-state index in [0.717, 1.165) is 45.0 Å². The van der Waals surface area contributed by atoms with Gasteiger partial charge in [0.05, 0.1) is 5.69 Å². The Hall–Kier alpha value is -0.680. The lowest BCUT2D eigenvalue weighted by molar-refractivity contribution is 0.321. The standard InChI is InChI=1S/C15H21BrF2N2/c1-3-15(4-2)10-20(7-5-6-19-15)14-12(16)8-11(17)9-13(14)18/h8-9,19H,3-7,10H2,1-2H3. The molecule has 1 aliphatic heterocycles. The van der Waals surface area contributed by atoms with E-state index in [0.29, 0.717) is 10.2 Å². The van der Waals surface area contributed by atoms with Crippen LogP contribution in [-0.4, -0.2) is 25.2 Å². The molecule has 0 aromatic heterocycles. The van der Waals surface area contributed by atoms with Crippen molar-refractivity contribution in [1.29, 1.82) is 0 Å². The lowest BCUT2D eigenvalue weighted by Gasteiger charge is -2.36. The van der Waals surface area contributed by atoms with Gasteiger partial charge in [-0.15, -0.1) is 0 Å². The van der Waals surface area contributed by atoms with Crippen LogP contribution in [0, 0.1) is 11.6 Å². The highest BCUT2D eigenvalue weighted by atomic mass is 79.9. The van der Waals surface area contributed by atoms with Crippen LogP contribution in [-0.2, 0) is 0 Å². The third kappa shape index (κ3) is 3.14. The van der Waals surface area contributed by atoms with Gasteiger partial charge in [0.15, 0.2) is 5.82 Å². The van der Waals surface area contributed by atoms with Crippen molar-refractivity contribution < 1.29 is 8.78 Å². The SMILES string of the molecule is CCC1(CC)CN(c2c(F)cc(F)cc2Br)CCCN1. The molecule has 1 heterocycles. The molecule has 1 aromatic rings. The zero-order valence-corrected chi connectivity index (χ0v) is 13.6. The van der Waals surface area contributed by atoms with Gasteiger partial charge in [-0.1, -0.05) is 13.8 Å². The first kappa shape index (κ1) is 15.7. The minimum Gasteiger partial charge on any atom is -0.366 e. The summed E-state index contributed by atoms with van der Waals surface area (Å²) in [6.07, 6.45) is 2.92. The van der Waals surface area contributed by atoms with Gasteiger partial charge in [-0.3, -0.25) is 0 Å². The molecule has 0 radical (unpaired) electrons. The smallest absolute Gasteiger partial charge is 0.150 e. The Kier molecular flexibility index (Phi) is 5.02. The predicted molar refractivity (Wildman–Crippen MR) is 82.2 cm³/mol. The zero-order valence-electron chi connectivity index (χ0n) is 12.0. The average Bonchev–Trinajstić information content (AvgIpc) is 2.61. The number of nitrogens with zero attached hydrogens (tertiary/aromatic N) is 1. The third-order valence-corrected chi connectivity index (χ3v) is 4.85. The second-order valence-corrected chi connectivity index (χ2v) is 6.26. The van der Waals surface area contributed by atoms with Crippen LogP contribution >= 0.6 is 15.9 Å². The van der Waals surface area contributed by atoms with E-state index in [1.807, 2.05) is 4.90 Å². The summed E-state index contributed by atoms with van der Waals surface area (Å²) in [5.41, 5.74) is 0.470. The first-order valence-electron chi connectivity index (χ1n) is 7.16. The molecule has 1 saturated heterocycles. The first-order valence-corrected chi connectivity index (χ1v) is 7.95. The van der Waals surface area contributed by atoms with Crippen molar-refractivity contribution in [2.75, 3.05) is 24.5 Å². The molecule has 2 rings (SSSR count). The number of halogens is 3. The van der Waals surface area contributed by atoms with E-state index < -0.39 is 11.6 Å². The maximum Gasteiger partial charge on any atom is 0.150 e. The molecule has 0 atom stereocenters. The number of anilines is 1. The minimum atomic E-state index is -0.552. The number of benzene rings is 1. The average molecular weight is 347 g/mol. The van der Waals surface area contributed by atoms with Gasteiger partial charge >= 0.3 is 0 Å². The zero-order chi connectivity index (χ0) is 14.8. The number of hydrogen-bond donors (Lipinski definition) is 1. The van der Waals surface area contributed by atoms with Crippen LogP contribution in [0.4, 0.5) is 14.5 Å². The van der Waals surface area contributed by atoms with Gasteiger partial charge < -0.3 is 10.2 Å². The van der Waals surface area contributed by atoms with E-state index in [2.05, 4.69) is 35.1 Å². The molecule has 2 nitrogen and oxygen atoms in total. The molecule has 0 spiro atoms. The Labute approximate surface area is 127 Å². The summed E-state index contributed by atoms with van der Waals surface area (Å²) in [5, 5.41) is 3.59. The van der Waals surface area contributed by atoms with E-state index in [9.17, 15) is 8.78 Å². The second-order valence-electron chi connectivity index (χ2n) is 5.41. The Bertz CT molecular complexity index is 452. The van der Waals surface area contributed by atoms with Crippen LogP contribution in [0.1, 0.15) is 33.1 Å². The van der Waals surface area contributed by atoms with E-state index in [-0.39, 0.29) is 5.54 Å². The fourth-order valence-corrected chi connectivity index (χ4v) is 3.53. The number of hydrogen-bond acceptors (Lipinski definition) is 2. The second kappa shape index (κ2) is 6.39. The molecule has 20 heavy (non-hydrogen) atoms. The van der Waals surface area contributed by atoms with Crippen molar-refractivity contribution in [1.82, 2.24) is 5.32 Å². The summed E-state index contributed by atoms with van der Waals surface area (Å²) in [6, 6.07) is 2.29. The molecule has 1 aliphatic rings. The Morgan fingerprint density at radius 1 is 1.30 bits per heavy atom. The maximum atomic E-state index is 14.2. The molecule has 0 bridgehead atoms. The normalized spacial score (nSPS) is 18.9. The molecule has 0 amide bonds. The maximum absolute atomic E-state index is 14.2. The van der Waals surface area contributed by atoms with Crippen molar-refractivity contribution in [3.05, 3.63) is 28.2 Å². The molecule has 112 valence electrons. The number of rotatable bonds is 3. The van der Waals surface area contributed by atoms with Crippen LogP contribution in [0.3, 0.4) is 0 Å². The largest absolute Gasteiger partial charge is 0.366 e. The molecule has 0 unspecified atom stereocenters. The van der Waals surface area contributed by atoms with Gasteiger partial charge in [0.2, 0.25) is 0 Å². The highest BCUT2D eigenvalue weighted by Crippen LogP contribution is 2.33. The molecule has 0 saturated carbocycles. The van der Waals surface area contributed by atoms with Gasteiger partial charge in [-0.05, 0) is 47.8 Å². The molecule has 0 aliphatic carbocycles. The van der Waals surface area contributed by atoms with Crippen LogP contribution in [0.15, 0.2) is 16.6 Å². The molecule has 1 aromatic carbocycles. The highest BCUT2D eigenvalue weighted by molar-refractivity contribution is 9.10. The Morgan fingerprint density at radius 3 is 2.60 bits per heavy atom. The van der Waals surface area contributed by atoms with Crippen molar-refractivity contribution >= 4 is 21.6 Å². The summed E-state index contributed by atoms with van der Waals surface area (Å²) in [6.45, 7) is 6.74. The fourth-order valence-electron chi connectivity index (χ4n) is 2.87. The Morgan fingerprint density at radius 2 is 2.00 bits per heavy atom. The van der Waals surface area contributed by atoms with E-state index in [4.69, 9.17) is 0 Å². The topological polar surface area (TPSA) is 15.3 Å². The summed E-state index contributed by atoms with van der Waals surface area (Å²) >= 11 is 3.30. The van der Waals surface area contributed by atoms with Crippen LogP contribution in [0.2, 0.25) is 0 Å². The predicted octanol–water partition coefficient (Wildman–Crippen LogP) is 4.09. The van der Waals surface area contributed by atoms with Gasteiger partial charge in [0.1, 0.15) is 5.82 Å². The van der Waals surface area contributed by atoms with Crippen molar-refractivity contribution in [3.8, 4) is 0 Å². The summed E-state index contributed by atoms with van der Waals surface area (Å²) in [7, 11) is 0. The van der Waals surface area contributed by atoms with Gasteiger partial charge in [-0.25, -0.2) is 8.78 Å².